The zero-order valence-corrected chi connectivity index (χ0v) is 11.9. The molecule has 2 rings (SSSR count). The molecule has 7 nitrogen and oxygen atoms in total. The summed E-state index contributed by atoms with van der Waals surface area (Å²) in [5.74, 6) is -0.403. The molecule has 2 aliphatic heterocycles. The topological polar surface area (TPSA) is 86.9 Å². The predicted octanol–water partition coefficient (Wildman–Crippen LogP) is -1.52. The van der Waals surface area contributed by atoms with Crippen LogP contribution in [0.25, 0.3) is 0 Å². The molecule has 3 amide bonds. The zero-order valence-electron chi connectivity index (χ0n) is 11.9. The molecule has 20 heavy (non-hydrogen) atoms. The van der Waals surface area contributed by atoms with Crippen LogP contribution in [-0.4, -0.2) is 78.7 Å². The van der Waals surface area contributed by atoms with E-state index in [1.165, 1.54) is 0 Å². The van der Waals surface area contributed by atoms with Gasteiger partial charge in [-0.2, -0.15) is 0 Å². The Morgan fingerprint density at radius 3 is 2.40 bits per heavy atom. The average Bonchev–Trinajstić information content (AvgIpc) is 2.41. The van der Waals surface area contributed by atoms with Crippen LogP contribution < -0.4 is 5.73 Å². The first-order valence-electron chi connectivity index (χ1n) is 7.01. The monoisotopic (exact) mass is 282 g/mol. The van der Waals surface area contributed by atoms with Gasteiger partial charge in [-0.25, -0.2) is 0 Å². The highest BCUT2D eigenvalue weighted by atomic mass is 16.2. The van der Waals surface area contributed by atoms with Crippen LogP contribution in [0.3, 0.4) is 0 Å². The van der Waals surface area contributed by atoms with Gasteiger partial charge in [0.1, 0.15) is 0 Å². The van der Waals surface area contributed by atoms with Gasteiger partial charge in [-0.15, -0.1) is 0 Å². The molecule has 2 N–H and O–H groups in total. The Labute approximate surface area is 118 Å². The summed E-state index contributed by atoms with van der Waals surface area (Å²) in [4.78, 5) is 40.3. The minimum atomic E-state index is -0.342. The van der Waals surface area contributed by atoms with Crippen molar-refractivity contribution in [1.82, 2.24) is 14.7 Å². The molecule has 2 aliphatic rings. The van der Waals surface area contributed by atoms with E-state index >= 15 is 0 Å². The summed E-state index contributed by atoms with van der Waals surface area (Å²) in [6.07, 6.45) is 1.05. The number of nitrogens with two attached hydrogens (primary N) is 1. The van der Waals surface area contributed by atoms with Crippen LogP contribution in [0.15, 0.2) is 0 Å². The standard InChI is InChI=1S/C13H22N4O3/c1-15-3-2-10(8-12(15)19)13(20)17-6-4-16(5-7-17)9-11(14)18/h10H,2-9H2,1H3,(H2,14,18). The van der Waals surface area contributed by atoms with Gasteiger partial charge >= 0.3 is 0 Å². The maximum atomic E-state index is 12.4. The van der Waals surface area contributed by atoms with Crippen LogP contribution in [-0.2, 0) is 14.4 Å². The van der Waals surface area contributed by atoms with E-state index in [4.69, 9.17) is 5.73 Å². The second-order valence-corrected chi connectivity index (χ2v) is 5.57. The highest BCUT2D eigenvalue weighted by Crippen LogP contribution is 2.20. The van der Waals surface area contributed by atoms with Crippen molar-refractivity contribution in [2.75, 3.05) is 46.3 Å². The molecular weight excluding hydrogens is 260 g/mol. The second kappa shape index (κ2) is 6.21. The van der Waals surface area contributed by atoms with E-state index < -0.39 is 0 Å². The minimum absolute atomic E-state index is 0.0435. The molecule has 2 saturated heterocycles. The lowest BCUT2D eigenvalue weighted by molar-refractivity contribution is -0.145. The van der Waals surface area contributed by atoms with Crippen LogP contribution in [0.2, 0.25) is 0 Å². The van der Waals surface area contributed by atoms with Gasteiger partial charge in [0.2, 0.25) is 17.7 Å². The number of amides is 3. The first-order chi connectivity index (χ1) is 9.47. The SMILES string of the molecule is CN1CCC(C(=O)N2CCN(CC(N)=O)CC2)CC1=O. The third kappa shape index (κ3) is 3.47. The van der Waals surface area contributed by atoms with E-state index in [0.717, 1.165) is 6.42 Å². The van der Waals surface area contributed by atoms with Crippen LogP contribution in [0, 0.1) is 5.92 Å². The molecule has 0 aromatic rings. The molecule has 1 atom stereocenters. The fraction of sp³-hybridized carbons (Fsp3) is 0.769. The number of nitrogens with zero attached hydrogens (tertiary/aromatic N) is 3. The Morgan fingerprint density at radius 2 is 1.85 bits per heavy atom. The molecule has 0 saturated carbocycles. The molecule has 0 aromatic carbocycles. The minimum Gasteiger partial charge on any atom is -0.369 e. The lowest BCUT2D eigenvalue weighted by Crippen LogP contribution is -2.53. The summed E-state index contributed by atoms with van der Waals surface area (Å²) in [5, 5.41) is 0. The predicted molar refractivity (Wildman–Crippen MR) is 72.6 cm³/mol. The van der Waals surface area contributed by atoms with E-state index in [-0.39, 0.29) is 30.2 Å². The van der Waals surface area contributed by atoms with Gasteiger partial charge in [0.15, 0.2) is 0 Å². The number of likely N-dealkylation sites (tertiary alicyclic amines) is 1. The third-order valence-electron chi connectivity index (χ3n) is 4.07. The molecule has 0 aliphatic carbocycles. The maximum Gasteiger partial charge on any atom is 0.231 e. The van der Waals surface area contributed by atoms with E-state index in [2.05, 4.69) is 0 Å². The van der Waals surface area contributed by atoms with Gasteiger partial charge < -0.3 is 15.5 Å². The molecule has 0 spiro atoms. The van der Waals surface area contributed by atoms with E-state index in [1.807, 2.05) is 4.90 Å². The van der Waals surface area contributed by atoms with Gasteiger partial charge in [-0.3, -0.25) is 19.3 Å². The van der Waals surface area contributed by atoms with Crippen molar-refractivity contribution in [2.24, 2.45) is 11.7 Å². The Kier molecular flexibility index (Phi) is 4.59. The quantitative estimate of drug-likeness (QED) is 0.681. The van der Waals surface area contributed by atoms with Crippen LogP contribution in [0.4, 0.5) is 0 Å². The number of rotatable bonds is 3. The smallest absolute Gasteiger partial charge is 0.231 e. The lowest BCUT2D eigenvalue weighted by Gasteiger charge is -2.37. The normalized spacial score (nSPS) is 24.9. The average molecular weight is 282 g/mol. The number of hydrogen-bond donors (Lipinski definition) is 1. The maximum absolute atomic E-state index is 12.4. The highest BCUT2D eigenvalue weighted by molar-refractivity contribution is 5.87. The van der Waals surface area contributed by atoms with Crippen molar-refractivity contribution in [2.45, 2.75) is 12.8 Å². The van der Waals surface area contributed by atoms with Crippen LogP contribution >= 0.6 is 0 Å². The molecule has 1 unspecified atom stereocenters. The number of piperazine rings is 1. The van der Waals surface area contributed by atoms with E-state index in [0.29, 0.717) is 39.1 Å². The van der Waals surface area contributed by atoms with Crippen molar-refractivity contribution >= 4 is 17.7 Å². The fourth-order valence-corrected chi connectivity index (χ4v) is 2.76. The number of carbonyl (C=O) groups is 3. The number of hydrogen-bond acceptors (Lipinski definition) is 4. The van der Waals surface area contributed by atoms with Gasteiger partial charge in [0.05, 0.1) is 6.54 Å². The van der Waals surface area contributed by atoms with E-state index in [1.54, 1.807) is 16.8 Å². The van der Waals surface area contributed by atoms with Crippen molar-refractivity contribution in [3.05, 3.63) is 0 Å². The van der Waals surface area contributed by atoms with Crippen molar-refractivity contribution in [3.8, 4) is 0 Å². The third-order valence-corrected chi connectivity index (χ3v) is 4.07. The molecule has 0 bridgehead atoms. The largest absolute Gasteiger partial charge is 0.369 e. The summed E-state index contributed by atoms with van der Waals surface area (Å²) in [5.41, 5.74) is 5.16. The summed E-state index contributed by atoms with van der Waals surface area (Å²) in [7, 11) is 1.77. The fourth-order valence-electron chi connectivity index (χ4n) is 2.76. The number of carbonyl (C=O) groups excluding carboxylic acids is 3. The number of piperidine rings is 1. The molecule has 112 valence electrons. The first-order valence-corrected chi connectivity index (χ1v) is 7.01. The molecule has 7 heteroatoms. The molecule has 2 fully saturated rings. The zero-order chi connectivity index (χ0) is 14.7. The summed E-state index contributed by atoms with van der Waals surface area (Å²) in [6, 6.07) is 0. The molecule has 2 heterocycles. The Balaban J connectivity index is 1.83. The second-order valence-electron chi connectivity index (χ2n) is 5.57. The van der Waals surface area contributed by atoms with Crippen molar-refractivity contribution in [3.63, 3.8) is 0 Å². The van der Waals surface area contributed by atoms with Crippen molar-refractivity contribution in [1.29, 1.82) is 0 Å². The van der Waals surface area contributed by atoms with Gasteiger partial charge in [0.25, 0.3) is 0 Å². The van der Waals surface area contributed by atoms with Gasteiger partial charge in [0, 0.05) is 52.1 Å². The summed E-state index contributed by atoms with van der Waals surface area (Å²) < 4.78 is 0. The van der Waals surface area contributed by atoms with Crippen molar-refractivity contribution < 1.29 is 14.4 Å². The van der Waals surface area contributed by atoms with Crippen LogP contribution in [0.1, 0.15) is 12.8 Å². The first kappa shape index (κ1) is 14.8. The lowest BCUT2D eigenvalue weighted by atomic mass is 9.94. The summed E-state index contributed by atoms with van der Waals surface area (Å²) in [6.45, 7) is 3.43. The highest BCUT2D eigenvalue weighted by Gasteiger charge is 2.32. The Morgan fingerprint density at radius 1 is 1.20 bits per heavy atom. The van der Waals surface area contributed by atoms with E-state index in [9.17, 15) is 14.4 Å². The molecule has 0 radical (unpaired) electrons. The van der Waals surface area contributed by atoms with Crippen LogP contribution in [0.5, 0.6) is 0 Å². The Bertz CT molecular complexity index is 404. The Hall–Kier alpha value is -1.63. The number of primary amides is 1. The van der Waals surface area contributed by atoms with Gasteiger partial charge in [-0.05, 0) is 6.42 Å². The van der Waals surface area contributed by atoms with Gasteiger partial charge in [-0.1, -0.05) is 0 Å². The molecular formula is C13H22N4O3. The molecule has 0 aromatic heterocycles. The summed E-state index contributed by atoms with van der Waals surface area (Å²) >= 11 is 0.